The number of methoxy groups -OCH3 is 3. The summed E-state index contributed by atoms with van der Waals surface area (Å²) >= 11 is 0. The lowest BCUT2D eigenvalue weighted by atomic mass is 9.99. The fourth-order valence-corrected chi connectivity index (χ4v) is 3.17. The van der Waals surface area contributed by atoms with E-state index in [2.05, 4.69) is 10.1 Å². The highest BCUT2D eigenvalue weighted by Crippen LogP contribution is 2.39. The van der Waals surface area contributed by atoms with Crippen LogP contribution in [0.3, 0.4) is 0 Å². The lowest BCUT2D eigenvalue weighted by Crippen LogP contribution is -2.34. The van der Waals surface area contributed by atoms with Crippen LogP contribution in [0.4, 0.5) is 0 Å². The van der Waals surface area contributed by atoms with E-state index in [0.717, 1.165) is 31.2 Å². The Kier molecular flexibility index (Phi) is 4.62. The fourth-order valence-electron chi connectivity index (χ4n) is 3.17. The van der Waals surface area contributed by atoms with Gasteiger partial charge in [-0.1, -0.05) is 18.0 Å². The minimum atomic E-state index is -0.447. The second kappa shape index (κ2) is 6.68. The van der Waals surface area contributed by atoms with E-state index in [9.17, 15) is 0 Å². The smallest absolute Gasteiger partial charge is 0.231 e. The standard InChI is InChI=1S/C17H23N3O4/c1-21-12-8-11(9-13(22-2)15(12)23-3)10-14-19-16(20-24-14)17(18)6-4-5-7-17/h8-9H,4-7,10,18H2,1-3H3. The molecule has 1 aliphatic rings. The highest BCUT2D eigenvalue weighted by molar-refractivity contribution is 5.54. The Hall–Kier alpha value is -2.28. The van der Waals surface area contributed by atoms with Crippen molar-refractivity contribution in [2.45, 2.75) is 37.6 Å². The van der Waals surface area contributed by atoms with Crippen LogP contribution in [0.2, 0.25) is 0 Å². The Labute approximate surface area is 141 Å². The predicted molar refractivity (Wildman–Crippen MR) is 87.5 cm³/mol. The molecule has 0 amide bonds. The first-order valence-electron chi connectivity index (χ1n) is 8.00. The molecular formula is C17H23N3O4. The molecule has 0 bridgehead atoms. The molecule has 7 heteroatoms. The minimum Gasteiger partial charge on any atom is -0.493 e. The van der Waals surface area contributed by atoms with E-state index in [-0.39, 0.29) is 0 Å². The molecule has 0 saturated heterocycles. The maximum Gasteiger partial charge on any atom is 0.231 e. The van der Waals surface area contributed by atoms with Crippen molar-refractivity contribution in [1.29, 1.82) is 0 Å². The van der Waals surface area contributed by atoms with E-state index in [1.165, 1.54) is 0 Å². The van der Waals surface area contributed by atoms with Crippen LogP contribution in [0.5, 0.6) is 17.2 Å². The summed E-state index contributed by atoms with van der Waals surface area (Å²) in [6.07, 6.45) is 4.48. The van der Waals surface area contributed by atoms with Crippen LogP contribution >= 0.6 is 0 Å². The molecule has 0 radical (unpaired) electrons. The van der Waals surface area contributed by atoms with Crippen molar-refractivity contribution in [3.05, 3.63) is 29.4 Å². The summed E-state index contributed by atoms with van der Waals surface area (Å²) < 4.78 is 21.5. The number of hydrogen-bond donors (Lipinski definition) is 1. The molecule has 0 aliphatic heterocycles. The molecule has 130 valence electrons. The Morgan fingerprint density at radius 3 is 2.25 bits per heavy atom. The monoisotopic (exact) mass is 333 g/mol. The van der Waals surface area contributed by atoms with Crippen molar-refractivity contribution in [3.8, 4) is 17.2 Å². The Morgan fingerprint density at radius 1 is 1.08 bits per heavy atom. The van der Waals surface area contributed by atoms with Gasteiger partial charge >= 0.3 is 0 Å². The molecule has 1 saturated carbocycles. The van der Waals surface area contributed by atoms with Gasteiger partial charge in [-0.05, 0) is 30.5 Å². The summed E-state index contributed by atoms with van der Waals surface area (Å²) in [5.41, 5.74) is 6.86. The van der Waals surface area contributed by atoms with Gasteiger partial charge in [0.05, 0.1) is 33.3 Å². The average molecular weight is 333 g/mol. The van der Waals surface area contributed by atoms with E-state index in [4.69, 9.17) is 24.5 Å². The maximum absolute atomic E-state index is 6.37. The predicted octanol–water partition coefficient (Wildman–Crippen LogP) is 2.41. The van der Waals surface area contributed by atoms with Gasteiger partial charge in [-0.3, -0.25) is 0 Å². The van der Waals surface area contributed by atoms with Gasteiger partial charge in [-0.15, -0.1) is 0 Å². The van der Waals surface area contributed by atoms with Gasteiger partial charge in [0, 0.05) is 0 Å². The van der Waals surface area contributed by atoms with E-state index in [0.29, 0.717) is 35.4 Å². The van der Waals surface area contributed by atoms with Crippen LogP contribution in [0.25, 0.3) is 0 Å². The largest absolute Gasteiger partial charge is 0.493 e. The lowest BCUT2D eigenvalue weighted by Gasteiger charge is -2.17. The molecule has 24 heavy (non-hydrogen) atoms. The first kappa shape index (κ1) is 16.6. The van der Waals surface area contributed by atoms with Crippen molar-refractivity contribution in [2.24, 2.45) is 5.73 Å². The second-order valence-electron chi connectivity index (χ2n) is 6.09. The topological polar surface area (TPSA) is 92.6 Å². The first-order valence-corrected chi connectivity index (χ1v) is 8.00. The number of rotatable bonds is 6. The number of aromatic nitrogens is 2. The molecular weight excluding hydrogens is 310 g/mol. The Bertz CT molecular complexity index is 683. The molecule has 0 atom stereocenters. The molecule has 0 spiro atoms. The van der Waals surface area contributed by atoms with Crippen molar-refractivity contribution in [3.63, 3.8) is 0 Å². The van der Waals surface area contributed by atoms with Crippen LogP contribution in [-0.2, 0) is 12.0 Å². The second-order valence-corrected chi connectivity index (χ2v) is 6.09. The van der Waals surface area contributed by atoms with Crippen LogP contribution in [0.15, 0.2) is 16.7 Å². The van der Waals surface area contributed by atoms with E-state index >= 15 is 0 Å². The number of hydrogen-bond acceptors (Lipinski definition) is 7. The Balaban J connectivity index is 1.85. The highest BCUT2D eigenvalue weighted by Gasteiger charge is 2.35. The van der Waals surface area contributed by atoms with Gasteiger partial charge in [0.1, 0.15) is 0 Å². The Morgan fingerprint density at radius 2 is 1.71 bits per heavy atom. The normalized spacial score (nSPS) is 16.2. The lowest BCUT2D eigenvalue weighted by molar-refractivity contribution is 0.323. The number of benzene rings is 1. The summed E-state index contributed by atoms with van der Waals surface area (Å²) in [4.78, 5) is 4.50. The number of nitrogens with zero attached hydrogens (tertiary/aromatic N) is 2. The molecule has 2 N–H and O–H groups in total. The molecule has 1 aromatic heterocycles. The summed E-state index contributed by atoms with van der Waals surface area (Å²) in [6.45, 7) is 0. The van der Waals surface area contributed by atoms with Gasteiger partial charge in [0.15, 0.2) is 17.3 Å². The average Bonchev–Trinajstić information content (AvgIpc) is 3.24. The maximum atomic E-state index is 6.37. The summed E-state index contributed by atoms with van der Waals surface area (Å²) in [5.74, 6) is 2.87. The molecule has 3 rings (SSSR count). The SMILES string of the molecule is COc1cc(Cc2nc(C3(N)CCCC3)no2)cc(OC)c1OC. The molecule has 2 aromatic rings. The third-order valence-corrected chi connectivity index (χ3v) is 4.49. The molecule has 1 aromatic carbocycles. The zero-order valence-corrected chi connectivity index (χ0v) is 14.3. The number of nitrogens with two attached hydrogens (primary N) is 1. The van der Waals surface area contributed by atoms with E-state index < -0.39 is 5.54 Å². The zero-order chi connectivity index (χ0) is 17.2. The molecule has 7 nitrogen and oxygen atoms in total. The van der Waals surface area contributed by atoms with Crippen molar-refractivity contribution >= 4 is 0 Å². The molecule has 1 fully saturated rings. The van der Waals surface area contributed by atoms with Gasteiger partial charge in [0.25, 0.3) is 0 Å². The summed E-state index contributed by atoms with van der Waals surface area (Å²) in [6, 6.07) is 3.75. The van der Waals surface area contributed by atoms with Gasteiger partial charge in [-0.2, -0.15) is 4.98 Å². The molecule has 1 heterocycles. The van der Waals surface area contributed by atoms with E-state index in [1.807, 2.05) is 12.1 Å². The first-order chi connectivity index (χ1) is 11.6. The minimum absolute atomic E-state index is 0.447. The summed E-state index contributed by atoms with van der Waals surface area (Å²) in [5, 5.41) is 4.09. The van der Waals surface area contributed by atoms with Crippen molar-refractivity contribution in [1.82, 2.24) is 10.1 Å². The summed E-state index contributed by atoms with van der Waals surface area (Å²) in [7, 11) is 4.75. The van der Waals surface area contributed by atoms with Gasteiger partial charge in [-0.25, -0.2) is 0 Å². The van der Waals surface area contributed by atoms with Gasteiger partial charge < -0.3 is 24.5 Å². The third-order valence-electron chi connectivity index (χ3n) is 4.49. The quantitative estimate of drug-likeness (QED) is 0.867. The number of ether oxygens (including phenoxy) is 3. The van der Waals surface area contributed by atoms with Crippen molar-refractivity contribution < 1.29 is 18.7 Å². The third kappa shape index (κ3) is 3.03. The van der Waals surface area contributed by atoms with Crippen LogP contribution in [0.1, 0.15) is 43.0 Å². The van der Waals surface area contributed by atoms with Crippen LogP contribution < -0.4 is 19.9 Å². The zero-order valence-electron chi connectivity index (χ0n) is 14.3. The van der Waals surface area contributed by atoms with Crippen molar-refractivity contribution in [2.75, 3.05) is 21.3 Å². The fraction of sp³-hybridized carbons (Fsp3) is 0.529. The molecule has 1 aliphatic carbocycles. The van der Waals surface area contributed by atoms with E-state index in [1.54, 1.807) is 21.3 Å². The highest BCUT2D eigenvalue weighted by atomic mass is 16.5. The molecule has 0 unspecified atom stereocenters. The van der Waals surface area contributed by atoms with Gasteiger partial charge in [0.2, 0.25) is 11.6 Å². The van der Waals surface area contributed by atoms with Crippen LogP contribution in [0, 0.1) is 0 Å². The van der Waals surface area contributed by atoms with Crippen LogP contribution in [-0.4, -0.2) is 31.5 Å².